The van der Waals surface area contributed by atoms with Crippen LogP contribution in [-0.2, 0) is 6.42 Å². The first kappa shape index (κ1) is 20.9. The van der Waals surface area contributed by atoms with Crippen LogP contribution in [0.3, 0.4) is 0 Å². The smallest absolute Gasteiger partial charge is 0.0542 e. The first-order valence-corrected chi connectivity index (χ1v) is 13.6. The van der Waals surface area contributed by atoms with Gasteiger partial charge in [0.25, 0.3) is 0 Å². The molecule has 0 aliphatic heterocycles. The van der Waals surface area contributed by atoms with Crippen molar-refractivity contribution in [3.63, 3.8) is 0 Å². The standard InChI is InChI=1S/C37H24N2/c1-2-11-26-24(10-1)22-31-27(26)15-9-19-36(31)39-35-18-8-5-14-30(35)32-23-25(20-21-37(32)39)38-33-16-6-3-12-28(33)29-13-4-7-17-34(29)38/h1-21,23H,22H2. The molecule has 0 radical (unpaired) electrons. The monoisotopic (exact) mass is 496 g/mol. The Morgan fingerprint density at radius 3 is 1.72 bits per heavy atom. The lowest BCUT2D eigenvalue weighted by atomic mass is 10.0. The van der Waals surface area contributed by atoms with Crippen molar-refractivity contribution < 1.29 is 0 Å². The van der Waals surface area contributed by atoms with Gasteiger partial charge in [-0.05, 0) is 64.7 Å². The zero-order valence-corrected chi connectivity index (χ0v) is 21.3. The first-order valence-electron chi connectivity index (χ1n) is 13.6. The third kappa shape index (κ3) is 2.81. The summed E-state index contributed by atoms with van der Waals surface area (Å²) in [5, 5.41) is 5.13. The SMILES string of the molecule is c1ccc2c(c1)Cc1c-2cccc1-n1c2ccccc2c2cc(-n3c4ccccc4c4ccccc43)ccc21. The molecule has 0 fully saturated rings. The molecule has 0 spiro atoms. The van der Waals surface area contributed by atoms with Gasteiger partial charge in [-0.25, -0.2) is 0 Å². The Hall–Kier alpha value is -5.08. The lowest BCUT2D eigenvalue weighted by Crippen LogP contribution is -1.99. The molecular formula is C37H24N2. The molecule has 6 aromatic carbocycles. The summed E-state index contributed by atoms with van der Waals surface area (Å²) in [6.45, 7) is 0. The van der Waals surface area contributed by atoms with Crippen molar-refractivity contribution in [3.8, 4) is 22.5 Å². The normalized spacial score (nSPS) is 12.5. The molecule has 9 rings (SSSR count). The fourth-order valence-electron chi connectivity index (χ4n) is 6.91. The van der Waals surface area contributed by atoms with Crippen LogP contribution in [0, 0.1) is 0 Å². The second-order valence-electron chi connectivity index (χ2n) is 10.6. The molecular weight excluding hydrogens is 472 g/mol. The zero-order valence-electron chi connectivity index (χ0n) is 21.3. The fraction of sp³-hybridized carbons (Fsp3) is 0.0270. The maximum absolute atomic E-state index is 2.48. The van der Waals surface area contributed by atoms with Gasteiger partial charge in [0.1, 0.15) is 0 Å². The highest BCUT2D eigenvalue weighted by Gasteiger charge is 2.23. The lowest BCUT2D eigenvalue weighted by Gasteiger charge is -2.14. The summed E-state index contributed by atoms with van der Waals surface area (Å²) in [6, 6.07) is 48.9. The summed E-state index contributed by atoms with van der Waals surface area (Å²) >= 11 is 0. The second kappa shape index (κ2) is 7.72. The van der Waals surface area contributed by atoms with Crippen LogP contribution >= 0.6 is 0 Å². The van der Waals surface area contributed by atoms with Crippen molar-refractivity contribution in [2.45, 2.75) is 6.42 Å². The molecule has 0 N–H and O–H groups in total. The summed E-state index contributed by atoms with van der Waals surface area (Å²) < 4.78 is 4.89. The molecule has 0 saturated heterocycles. The van der Waals surface area contributed by atoms with Gasteiger partial charge >= 0.3 is 0 Å². The highest BCUT2D eigenvalue weighted by atomic mass is 15.0. The molecule has 0 amide bonds. The van der Waals surface area contributed by atoms with Crippen molar-refractivity contribution in [1.29, 1.82) is 0 Å². The van der Waals surface area contributed by atoms with E-state index < -0.39 is 0 Å². The molecule has 0 atom stereocenters. The molecule has 2 aromatic heterocycles. The maximum atomic E-state index is 2.48. The van der Waals surface area contributed by atoms with E-state index in [2.05, 4.69) is 143 Å². The van der Waals surface area contributed by atoms with E-state index in [0.717, 1.165) is 6.42 Å². The van der Waals surface area contributed by atoms with Crippen LogP contribution in [0.15, 0.2) is 133 Å². The number of fused-ring (bicyclic) bond motifs is 9. The predicted octanol–water partition coefficient (Wildman–Crippen LogP) is 9.45. The number of rotatable bonds is 2. The molecule has 2 heteroatoms. The number of hydrogen-bond acceptors (Lipinski definition) is 0. The summed E-state index contributed by atoms with van der Waals surface area (Å²) in [5.74, 6) is 0. The number of hydrogen-bond donors (Lipinski definition) is 0. The van der Waals surface area contributed by atoms with Crippen LogP contribution < -0.4 is 0 Å². The highest BCUT2D eigenvalue weighted by Crippen LogP contribution is 2.42. The Morgan fingerprint density at radius 2 is 0.974 bits per heavy atom. The van der Waals surface area contributed by atoms with Crippen molar-refractivity contribution in [2.24, 2.45) is 0 Å². The van der Waals surface area contributed by atoms with E-state index in [1.165, 1.54) is 77.2 Å². The Bertz CT molecular complexity index is 2210. The number of aromatic nitrogens is 2. The summed E-state index contributed by atoms with van der Waals surface area (Å²) in [5.41, 5.74) is 13.0. The Labute approximate surface area is 226 Å². The molecule has 1 aliphatic rings. The lowest BCUT2D eigenvalue weighted by molar-refractivity contribution is 1.12. The van der Waals surface area contributed by atoms with Crippen molar-refractivity contribution >= 4 is 43.6 Å². The Kier molecular flexibility index (Phi) is 4.14. The second-order valence-corrected chi connectivity index (χ2v) is 10.6. The third-order valence-corrected chi connectivity index (χ3v) is 8.56. The van der Waals surface area contributed by atoms with Gasteiger partial charge < -0.3 is 9.13 Å². The van der Waals surface area contributed by atoms with Crippen LogP contribution in [0.2, 0.25) is 0 Å². The number of nitrogens with zero attached hydrogens (tertiary/aromatic N) is 2. The van der Waals surface area contributed by atoms with Gasteiger partial charge in [0.15, 0.2) is 0 Å². The zero-order chi connectivity index (χ0) is 25.5. The largest absolute Gasteiger partial charge is 0.309 e. The minimum absolute atomic E-state index is 0.967. The minimum atomic E-state index is 0.967. The van der Waals surface area contributed by atoms with Gasteiger partial charge in [-0.1, -0.05) is 91.0 Å². The molecule has 8 aromatic rings. The van der Waals surface area contributed by atoms with Crippen LogP contribution in [0.25, 0.3) is 66.1 Å². The van der Waals surface area contributed by atoms with E-state index in [0.29, 0.717) is 0 Å². The molecule has 182 valence electrons. The van der Waals surface area contributed by atoms with Crippen LogP contribution in [0.4, 0.5) is 0 Å². The van der Waals surface area contributed by atoms with Crippen LogP contribution in [-0.4, -0.2) is 9.13 Å². The van der Waals surface area contributed by atoms with E-state index in [1.54, 1.807) is 0 Å². The minimum Gasteiger partial charge on any atom is -0.309 e. The quantitative estimate of drug-likeness (QED) is 0.226. The van der Waals surface area contributed by atoms with E-state index >= 15 is 0 Å². The molecule has 0 saturated carbocycles. The van der Waals surface area contributed by atoms with E-state index in [1.807, 2.05) is 0 Å². The van der Waals surface area contributed by atoms with Gasteiger partial charge in [0.05, 0.1) is 27.8 Å². The van der Waals surface area contributed by atoms with E-state index in [-0.39, 0.29) is 0 Å². The third-order valence-electron chi connectivity index (χ3n) is 8.56. The van der Waals surface area contributed by atoms with Gasteiger partial charge in [-0.15, -0.1) is 0 Å². The Morgan fingerprint density at radius 1 is 0.410 bits per heavy atom. The Balaban J connectivity index is 1.34. The predicted molar refractivity (Wildman–Crippen MR) is 163 cm³/mol. The maximum Gasteiger partial charge on any atom is 0.0542 e. The van der Waals surface area contributed by atoms with E-state index in [9.17, 15) is 0 Å². The average molecular weight is 497 g/mol. The van der Waals surface area contributed by atoms with Gasteiger partial charge in [-0.3, -0.25) is 0 Å². The van der Waals surface area contributed by atoms with Crippen molar-refractivity contribution in [3.05, 3.63) is 145 Å². The summed E-state index contributed by atoms with van der Waals surface area (Å²) in [6.07, 6.45) is 0.967. The molecule has 0 unspecified atom stereocenters. The van der Waals surface area contributed by atoms with Crippen molar-refractivity contribution in [2.75, 3.05) is 0 Å². The van der Waals surface area contributed by atoms with Gasteiger partial charge in [0, 0.05) is 33.7 Å². The summed E-state index contributed by atoms with van der Waals surface area (Å²) in [7, 11) is 0. The number of benzene rings is 6. The molecule has 2 heterocycles. The fourth-order valence-corrected chi connectivity index (χ4v) is 6.91. The topological polar surface area (TPSA) is 9.86 Å². The molecule has 0 bridgehead atoms. The molecule has 1 aliphatic carbocycles. The average Bonchev–Trinajstić information content (AvgIpc) is 3.65. The van der Waals surface area contributed by atoms with Gasteiger partial charge in [-0.2, -0.15) is 0 Å². The van der Waals surface area contributed by atoms with Crippen LogP contribution in [0.5, 0.6) is 0 Å². The molecule has 39 heavy (non-hydrogen) atoms. The van der Waals surface area contributed by atoms with Crippen molar-refractivity contribution in [1.82, 2.24) is 9.13 Å². The summed E-state index contributed by atoms with van der Waals surface area (Å²) in [4.78, 5) is 0. The number of para-hydroxylation sites is 3. The molecule has 2 nitrogen and oxygen atoms in total. The highest BCUT2D eigenvalue weighted by molar-refractivity contribution is 6.12. The van der Waals surface area contributed by atoms with E-state index in [4.69, 9.17) is 0 Å². The van der Waals surface area contributed by atoms with Gasteiger partial charge in [0.2, 0.25) is 0 Å². The first-order chi connectivity index (χ1) is 19.4. The van der Waals surface area contributed by atoms with Crippen LogP contribution in [0.1, 0.15) is 11.1 Å².